The van der Waals surface area contributed by atoms with E-state index < -0.39 is 0 Å². The van der Waals surface area contributed by atoms with Crippen LogP contribution in [0.5, 0.6) is 0 Å². The second kappa shape index (κ2) is 6.41. The molecule has 0 saturated heterocycles. The zero-order chi connectivity index (χ0) is 18.7. The van der Waals surface area contributed by atoms with E-state index in [1.54, 1.807) is 11.3 Å². The summed E-state index contributed by atoms with van der Waals surface area (Å²) in [5, 5.41) is 6.09. The topological polar surface area (TPSA) is 42.0 Å². The van der Waals surface area contributed by atoms with E-state index in [1.807, 2.05) is 0 Å². The van der Waals surface area contributed by atoms with Crippen LogP contribution in [0, 0.1) is 23.2 Å². The number of amides is 1. The fraction of sp³-hybridized carbons (Fsp3) is 0.583. The van der Waals surface area contributed by atoms with Gasteiger partial charge < -0.3 is 5.32 Å². The molecule has 1 amide bonds. The maximum absolute atomic E-state index is 13.3. The van der Waals surface area contributed by atoms with Crippen molar-refractivity contribution in [3.8, 4) is 11.3 Å². The molecule has 4 heteroatoms. The Hall–Kier alpha value is -1.68. The Labute approximate surface area is 171 Å². The van der Waals surface area contributed by atoms with Crippen LogP contribution in [0.2, 0.25) is 0 Å². The molecule has 28 heavy (non-hydrogen) atoms. The van der Waals surface area contributed by atoms with E-state index in [0.717, 1.165) is 47.8 Å². The van der Waals surface area contributed by atoms with Crippen LogP contribution in [-0.2, 0) is 17.6 Å². The van der Waals surface area contributed by atoms with Crippen molar-refractivity contribution >= 4 is 22.4 Å². The summed E-state index contributed by atoms with van der Waals surface area (Å²) >= 11 is 1.57. The van der Waals surface area contributed by atoms with E-state index in [0.29, 0.717) is 0 Å². The molecule has 1 aromatic heterocycles. The van der Waals surface area contributed by atoms with Crippen LogP contribution in [0.1, 0.15) is 62.5 Å². The number of nitrogens with zero attached hydrogens (tertiary/aromatic N) is 1. The predicted octanol–water partition coefficient (Wildman–Crippen LogP) is 5.84. The van der Waals surface area contributed by atoms with E-state index in [2.05, 4.69) is 28.9 Å². The monoisotopic (exact) mass is 392 g/mol. The lowest BCUT2D eigenvalue weighted by Gasteiger charge is -2.55. The third-order valence-corrected chi connectivity index (χ3v) is 8.65. The summed E-state index contributed by atoms with van der Waals surface area (Å²) in [6.45, 7) is 0. The number of hydrogen-bond donors (Lipinski definition) is 1. The second-order valence-electron chi connectivity index (χ2n) is 9.88. The number of carbonyl (C=O) groups is 1. The number of aromatic nitrogens is 1. The molecule has 4 saturated carbocycles. The zero-order valence-corrected chi connectivity index (χ0v) is 17.2. The number of nitrogens with one attached hydrogen (secondary N) is 1. The molecule has 0 atom stereocenters. The quantitative estimate of drug-likeness (QED) is 0.712. The van der Waals surface area contributed by atoms with Gasteiger partial charge >= 0.3 is 0 Å². The fourth-order valence-electron chi connectivity index (χ4n) is 6.97. The number of carbonyl (C=O) groups excluding carboxylic acids is 1. The third kappa shape index (κ3) is 2.83. The average molecular weight is 393 g/mol. The van der Waals surface area contributed by atoms with E-state index in [-0.39, 0.29) is 11.3 Å². The standard InChI is InChI=1S/C24H28N2OS/c27-22(24-11-15-7-16(12-24)9-17(8-15)13-24)26-23-25-21(14-28-23)20-6-5-18-3-1-2-4-19(18)10-20/h5-6,10,14-17H,1-4,7-9,11-13H2,(H,25,26,27). The van der Waals surface area contributed by atoms with Gasteiger partial charge in [-0.1, -0.05) is 12.1 Å². The van der Waals surface area contributed by atoms with Crippen LogP contribution >= 0.6 is 11.3 Å². The molecule has 4 bridgehead atoms. The van der Waals surface area contributed by atoms with Crippen molar-refractivity contribution in [2.45, 2.75) is 64.2 Å². The molecule has 0 unspecified atom stereocenters. The van der Waals surface area contributed by atoms with Crippen molar-refractivity contribution in [1.29, 1.82) is 0 Å². The first kappa shape index (κ1) is 17.2. The van der Waals surface area contributed by atoms with Crippen LogP contribution in [0.3, 0.4) is 0 Å². The minimum Gasteiger partial charge on any atom is -0.301 e. The number of benzene rings is 1. The molecular weight excluding hydrogens is 364 g/mol. The zero-order valence-electron chi connectivity index (χ0n) is 16.4. The molecule has 7 rings (SSSR count). The summed E-state index contributed by atoms with van der Waals surface area (Å²) in [6, 6.07) is 6.79. The summed E-state index contributed by atoms with van der Waals surface area (Å²) in [5.74, 6) is 2.62. The van der Waals surface area contributed by atoms with Gasteiger partial charge in [-0.15, -0.1) is 11.3 Å². The van der Waals surface area contributed by atoms with Crippen molar-refractivity contribution in [1.82, 2.24) is 4.98 Å². The van der Waals surface area contributed by atoms with E-state index in [9.17, 15) is 4.79 Å². The summed E-state index contributed by atoms with van der Waals surface area (Å²) in [5.41, 5.74) is 5.06. The van der Waals surface area contributed by atoms with Gasteiger partial charge in [0.1, 0.15) is 0 Å². The summed E-state index contributed by atoms with van der Waals surface area (Å²) in [4.78, 5) is 18.0. The molecule has 146 valence electrons. The second-order valence-corrected chi connectivity index (χ2v) is 10.7. The predicted molar refractivity (Wildman–Crippen MR) is 113 cm³/mol. The Morgan fingerprint density at radius 2 is 1.68 bits per heavy atom. The fourth-order valence-corrected chi connectivity index (χ4v) is 7.69. The lowest BCUT2D eigenvalue weighted by atomic mass is 9.49. The molecule has 1 heterocycles. The molecule has 5 aliphatic rings. The number of hydrogen-bond acceptors (Lipinski definition) is 3. The molecule has 4 fully saturated rings. The number of rotatable bonds is 3. The van der Waals surface area contributed by atoms with Crippen molar-refractivity contribution in [2.24, 2.45) is 23.2 Å². The minimum atomic E-state index is -0.105. The number of thiazole rings is 1. The normalized spacial score (nSPS) is 32.9. The Balaban J connectivity index is 1.21. The summed E-state index contributed by atoms with van der Waals surface area (Å²) in [7, 11) is 0. The first-order valence-corrected chi connectivity index (χ1v) is 11.9. The molecule has 2 aromatic rings. The highest BCUT2D eigenvalue weighted by Gasteiger charge is 2.54. The molecule has 3 nitrogen and oxygen atoms in total. The Bertz CT molecular complexity index is 895. The number of anilines is 1. The van der Waals surface area contributed by atoms with Gasteiger partial charge in [0.15, 0.2) is 5.13 Å². The van der Waals surface area contributed by atoms with Crippen LogP contribution in [0.4, 0.5) is 5.13 Å². The van der Waals surface area contributed by atoms with Crippen LogP contribution < -0.4 is 5.32 Å². The minimum absolute atomic E-state index is 0.105. The maximum Gasteiger partial charge on any atom is 0.232 e. The lowest BCUT2D eigenvalue weighted by Crippen LogP contribution is -2.51. The van der Waals surface area contributed by atoms with Crippen molar-refractivity contribution in [3.05, 3.63) is 34.7 Å². The molecule has 0 spiro atoms. The largest absolute Gasteiger partial charge is 0.301 e. The molecule has 1 aromatic carbocycles. The highest BCUT2D eigenvalue weighted by atomic mass is 32.1. The SMILES string of the molecule is O=C(Nc1nc(-c2ccc3c(c2)CCCC3)cs1)C12CC3CC(CC(C3)C1)C2. The highest BCUT2D eigenvalue weighted by Crippen LogP contribution is 2.60. The summed E-state index contributed by atoms with van der Waals surface area (Å²) in [6.07, 6.45) is 12.4. The van der Waals surface area contributed by atoms with Gasteiger partial charge in [0, 0.05) is 10.9 Å². The van der Waals surface area contributed by atoms with Gasteiger partial charge in [-0.25, -0.2) is 4.98 Å². The molecule has 5 aliphatic carbocycles. The Morgan fingerprint density at radius 1 is 1.00 bits per heavy atom. The molecular formula is C24H28N2OS. The molecule has 0 radical (unpaired) electrons. The first-order chi connectivity index (χ1) is 13.7. The van der Waals surface area contributed by atoms with Crippen molar-refractivity contribution in [2.75, 3.05) is 5.32 Å². The van der Waals surface area contributed by atoms with Gasteiger partial charge in [0.25, 0.3) is 0 Å². The van der Waals surface area contributed by atoms with E-state index >= 15 is 0 Å². The van der Waals surface area contributed by atoms with Gasteiger partial charge in [0.05, 0.1) is 11.1 Å². The van der Waals surface area contributed by atoms with Crippen molar-refractivity contribution in [3.63, 3.8) is 0 Å². The van der Waals surface area contributed by atoms with Crippen molar-refractivity contribution < 1.29 is 4.79 Å². The molecule has 0 aliphatic heterocycles. The van der Waals surface area contributed by atoms with Gasteiger partial charge in [-0.05, 0) is 99.2 Å². The van der Waals surface area contributed by atoms with Crippen LogP contribution in [0.15, 0.2) is 23.6 Å². The Kier molecular flexibility index (Phi) is 3.94. The third-order valence-electron chi connectivity index (χ3n) is 7.89. The summed E-state index contributed by atoms with van der Waals surface area (Å²) < 4.78 is 0. The van der Waals surface area contributed by atoms with E-state index in [4.69, 9.17) is 4.98 Å². The van der Waals surface area contributed by atoms with Gasteiger partial charge in [0.2, 0.25) is 5.91 Å². The van der Waals surface area contributed by atoms with Crippen LogP contribution in [-0.4, -0.2) is 10.9 Å². The van der Waals surface area contributed by atoms with Gasteiger partial charge in [-0.3, -0.25) is 4.79 Å². The van der Waals surface area contributed by atoms with Gasteiger partial charge in [-0.2, -0.15) is 0 Å². The van der Waals surface area contributed by atoms with E-state index in [1.165, 1.54) is 61.6 Å². The first-order valence-electron chi connectivity index (χ1n) is 11.1. The smallest absolute Gasteiger partial charge is 0.232 e. The Morgan fingerprint density at radius 3 is 2.39 bits per heavy atom. The lowest BCUT2D eigenvalue weighted by molar-refractivity contribution is -0.140. The number of aryl methyl sites for hydroxylation is 2. The highest BCUT2D eigenvalue weighted by molar-refractivity contribution is 7.14. The molecule has 1 N–H and O–H groups in total. The number of fused-ring (bicyclic) bond motifs is 1. The van der Waals surface area contributed by atoms with Crippen LogP contribution in [0.25, 0.3) is 11.3 Å². The maximum atomic E-state index is 13.3. The average Bonchev–Trinajstić information content (AvgIpc) is 3.15.